The monoisotopic (exact) mass is 399 g/mol. The van der Waals surface area contributed by atoms with Crippen LogP contribution in [-0.2, 0) is 28.6 Å². The summed E-state index contributed by atoms with van der Waals surface area (Å²) < 4.78 is 46.6. The van der Waals surface area contributed by atoms with Gasteiger partial charge in [0.1, 0.15) is 0 Å². The minimum Gasteiger partial charge on any atom is -0.381 e. The van der Waals surface area contributed by atoms with Crippen LogP contribution in [0.1, 0.15) is 24.2 Å². The number of aliphatic hydroxyl groups is 1. The molecule has 0 aliphatic rings. The smallest absolute Gasteiger partial charge is 0.381 e. The van der Waals surface area contributed by atoms with Crippen LogP contribution in [0.3, 0.4) is 0 Å². The van der Waals surface area contributed by atoms with Gasteiger partial charge in [-0.15, -0.1) is 0 Å². The molecule has 1 atom stereocenters. The van der Waals surface area contributed by atoms with E-state index < -0.39 is 29.9 Å². The number of hydrogen-bond donors (Lipinski definition) is 2. The van der Waals surface area contributed by atoms with E-state index in [4.69, 9.17) is 4.74 Å². The number of amides is 1. The number of aryl methyl sites for hydroxylation is 1. The third-order valence-corrected chi connectivity index (χ3v) is 4.24. The van der Waals surface area contributed by atoms with Crippen LogP contribution >= 0.6 is 0 Å². The number of carbonyl (C=O) groups excluding carboxylic acids is 1. The normalized spacial score (nSPS) is 13.9. The topological polar surface area (TPSA) is 76.4 Å². The average Bonchev–Trinajstić information content (AvgIpc) is 3.07. The first-order chi connectivity index (χ1) is 13.2. The number of halogens is 3. The molecular formula is C19H24F3N3O3. The van der Waals surface area contributed by atoms with Crippen LogP contribution in [0.25, 0.3) is 0 Å². The number of imidazole rings is 1. The van der Waals surface area contributed by atoms with Crippen molar-refractivity contribution in [1.29, 1.82) is 0 Å². The van der Waals surface area contributed by atoms with Crippen molar-refractivity contribution >= 4 is 5.91 Å². The Hall–Kier alpha value is -2.39. The summed E-state index contributed by atoms with van der Waals surface area (Å²) in [6.45, 7) is 1.04. The molecule has 0 saturated carbocycles. The van der Waals surface area contributed by atoms with E-state index in [0.717, 1.165) is 22.7 Å². The van der Waals surface area contributed by atoms with Gasteiger partial charge in [-0.25, -0.2) is 4.98 Å². The lowest BCUT2D eigenvalue weighted by atomic mass is 9.97. The number of hydrogen-bond acceptors (Lipinski definition) is 4. The highest BCUT2D eigenvalue weighted by Gasteiger charge is 2.58. The Morgan fingerprint density at radius 1 is 1.25 bits per heavy atom. The Bertz CT molecular complexity index is 750. The first kappa shape index (κ1) is 21.9. The quantitative estimate of drug-likeness (QED) is 0.602. The van der Waals surface area contributed by atoms with Crippen LogP contribution in [0.5, 0.6) is 0 Å². The lowest BCUT2D eigenvalue weighted by Gasteiger charge is -2.29. The predicted molar refractivity (Wildman–Crippen MR) is 96.4 cm³/mol. The van der Waals surface area contributed by atoms with E-state index >= 15 is 0 Å². The molecule has 1 aromatic heterocycles. The second-order valence-corrected chi connectivity index (χ2v) is 6.45. The van der Waals surface area contributed by atoms with Gasteiger partial charge < -0.3 is 19.7 Å². The number of benzene rings is 1. The molecule has 0 spiro atoms. The molecule has 1 unspecified atom stereocenters. The van der Waals surface area contributed by atoms with Crippen molar-refractivity contribution in [2.24, 2.45) is 7.05 Å². The van der Waals surface area contributed by atoms with E-state index in [0.29, 0.717) is 19.6 Å². The molecule has 2 aromatic rings. The van der Waals surface area contributed by atoms with Crippen molar-refractivity contribution in [2.45, 2.75) is 31.0 Å². The number of rotatable bonds is 10. The van der Waals surface area contributed by atoms with Crippen molar-refractivity contribution in [3.05, 3.63) is 54.1 Å². The third kappa shape index (κ3) is 5.80. The predicted octanol–water partition coefficient (Wildman–Crippen LogP) is 2.33. The van der Waals surface area contributed by atoms with Crippen LogP contribution in [-0.4, -0.2) is 46.5 Å². The largest absolute Gasteiger partial charge is 0.425 e. The zero-order valence-corrected chi connectivity index (χ0v) is 15.6. The molecule has 6 nitrogen and oxygen atoms in total. The summed E-state index contributed by atoms with van der Waals surface area (Å²) in [4.78, 5) is 15.5. The maximum Gasteiger partial charge on any atom is 0.425 e. The summed E-state index contributed by atoms with van der Waals surface area (Å²) >= 11 is 0. The van der Waals surface area contributed by atoms with Gasteiger partial charge in [0.15, 0.2) is 5.82 Å². The molecule has 2 rings (SSSR count). The minimum atomic E-state index is -5.04. The molecular weight excluding hydrogens is 375 g/mol. The van der Waals surface area contributed by atoms with Gasteiger partial charge in [-0.3, -0.25) is 4.79 Å². The average molecular weight is 399 g/mol. The molecule has 9 heteroatoms. The molecule has 0 aliphatic carbocycles. The first-order valence-corrected chi connectivity index (χ1v) is 8.89. The zero-order chi connectivity index (χ0) is 20.6. The number of carbonyl (C=O) groups is 1. The Morgan fingerprint density at radius 3 is 2.57 bits per heavy atom. The van der Waals surface area contributed by atoms with Gasteiger partial charge >= 0.3 is 6.18 Å². The zero-order valence-electron chi connectivity index (χ0n) is 15.6. The van der Waals surface area contributed by atoms with E-state index in [1.54, 1.807) is 0 Å². The first-order valence-electron chi connectivity index (χ1n) is 8.89. The number of ether oxygens (including phenoxy) is 1. The van der Waals surface area contributed by atoms with Gasteiger partial charge in [0, 0.05) is 32.6 Å². The van der Waals surface area contributed by atoms with Gasteiger partial charge in [0.2, 0.25) is 11.5 Å². The second-order valence-electron chi connectivity index (χ2n) is 6.45. The molecule has 0 bridgehead atoms. The van der Waals surface area contributed by atoms with E-state index in [2.05, 4.69) is 10.3 Å². The molecule has 28 heavy (non-hydrogen) atoms. The van der Waals surface area contributed by atoms with E-state index in [1.165, 1.54) is 13.2 Å². The maximum atomic E-state index is 13.4. The number of nitrogens with one attached hydrogen (secondary N) is 1. The lowest BCUT2D eigenvalue weighted by molar-refractivity contribution is -0.271. The second kappa shape index (κ2) is 9.70. The summed E-state index contributed by atoms with van der Waals surface area (Å²) in [7, 11) is 1.32. The van der Waals surface area contributed by atoms with Crippen molar-refractivity contribution in [2.75, 3.05) is 19.8 Å². The Kier molecular flexibility index (Phi) is 7.59. The highest BCUT2D eigenvalue weighted by molar-refractivity contribution is 5.77. The molecule has 0 aliphatic heterocycles. The van der Waals surface area contributed by atoms with Crippen LogP contribution in [0.15, 0.2) is 42.7 Å². The van der Waals surface area contributed by atoms with Crippen LogP contribution in [0, 0.1) is 0 Å². The molecule has 0 radical (unpaired) electrons. The van der Waals surface area contributed by atoms with Crippen molar-refractivity contribution in [3.63, 3.8) is 0 Å². The number of aromatic nitrogens is 2. The minimum absolute atomic E-state index is 0.151. The fraction of sp³-hybridized carbons (Fsp3) is 0.474. The number of alkyl halides is 3. The summed E-state index contributed by atoms with van der Waals surface area (Å²) in [5, 5.41) is 12.5. The molecule has 0 saturated heterocycles. The van der Waals surface area contributed by atoms with E-state index in [-0.39, 0.29) is 6.54 Å². The van der Waals surface area contributed by atoms with E-state index in [1.807, 2.05) is 30.3 Å². The molecule has 1 aromatic carbocycles. The van der Waals surface area contributed by atoms with Crippen LogP contribution in [0.4, 0.5) is 13.2 Å². The van der Waals surface area contributed by atoms with E-state index in [9.17, 15) is 23.1 Å². The van der Waals surface area contributed by atoms with Crippen molar-refractivity contribution < 1.29 is 27.8 Å². The molecule has 1 heterocycles. The highest BCUT2D eigenvalue weighted by atomic mass is 19.4. The fourth-order valence-corrected chi connectivity index (χ4v) is 2.70. The Balaban J connectivity index is 1.72. The van der Waals surface area contributed by atoms with Crippen LogP contribution in [0.2, 0.25) is 0 Å². The van der Waals surface area contributed by atoms with Gasteiger partial charge in [-0.05, 0) is 18.4 Å². The summed E-state index contributed by atoms with van der Waals surface area (Å²) in [6, 6.07) is 9.80. The lowest BCUT2D eigenvalue weighted by Crippen LogP contribution is -2.48. The summed E-state index contributed by atoms with van der Waals surface area (Å²) in [6.07, 6.45) is -2.57. The standard InChI is InChI=1S/C19H24F3N3O3/c1-25-11-10-24-17(25)18(27,19(20,21)22)14-16(26)23-9-5-12-28-13-8-15-6-3-2-4-7-15/h2-4,6-7,10-11,27H,5,8-9,12-14H2,1H3,(H,23,26). The highest BCUT2D eigenvalue weighted by Crippen LogP contribution is 2.40. The van der Waals surface area contributed by atoms with Gasteiger partial charge in [-0.2, -0.15) is 13.2 Å². The summed E-state index contributed by atoms with van der Waals surface area (Å²) in [5.41, 5.74) is -2.20. The SMILES string of the molecule is Cn1ccnc1C(O)(CC(=O)NCCCOCCc1ccccc1)C(F)(F)F. The Morgan fingerprint density at radius 2 is 1.96 bits per heavy atom. The van der Waals surface area contributed by atoms with Gasteiger partial charge in [-0.1, -0.05) is 30.3 Å². The molecule has 1 amide bonds. The fourth-order valence-electron chi connectivity index (χ4n) is 2.70. The molecule has 2 N–H and O–H groups in total. The van der Waals surface area contributed by atoms with Crippen molar-refractivity contribution in [1.82, 2.24) is 14.9 Å². The number of nitrogens with zero attached hydrogens (tertiary/aromatic N) is 2. The third-order valence-electron chi connectivity index (χ3n) is 4.24. The van der Waals surface area contributed by atoms with Crippen LogP contribution < -0.4 is 5.32 Å². The van der Waals surface area contributed by atoms with Crippen molar-refractivity contribution in [3.8, 4) is 0 Å². The summed E-state index contributed by atoms with van der Waals surface area (Å²) in [5.74, 6) is -1.54. The van der Waals surface area contributed by atoms with Gasteiger partial charge in [0.25, 0.3) is 0 Å². The molecule has 154 valence electrons. The van der Waals surface area contributed by atoms with Gasteiger partial charge in [0.05, 0.1) is 13.0 Å². The molecule has 0 fully saturated rings. The maximum absolute atomic E-state index is 13.4. The Labute approximate surface area is 161 Å².